The minimum atomic E-state index is 0.554. The second-order valence-electron chi connectivity index (χ2n) is 8.22. The van der Waals surface area contributed by atoms with E-state index in [0.717, 1.165) is 51.9 Å². The van der Waals surface area contributed by atoms with Crippen molar-refractivity contribution in [3.05, 3.63) is 33.5 Å². The highest BCUT2D eigenvalue weighted by Gasteiger charge is 2.28. The average Bonchev–Trinajstić information content (AvgIpc) is 3.27. The monoisotopic (exact) mass is 387 g/mol. The van der Waals surface area contributed by atoms with Gasteiger partial charge in [-0.15, -0.1) is 11.3 Å². The fourth-order valence-electron chi connectivity index (χ4n) is 4.38. The van der Waals surface area contributed by atoms with Gasteiger partial charge in [-0.2, -0.15) is 5.10 Å². The van der Waals surface area contributed by atoms with E-state index in [1.807, 2.05) is 17.5 Å². The molecule has 4 heterocycles. The van der Waals surface area contributed by atoms with Crippen LogP contribution in [0, 0.1) is 0 Å². The van der Waals surface area contributed by atoms with Gasteiger partial charge >= 0.3 is 0 Å². The van der Waals surface area contributed by atoms with Crippen molar-refractivity contribution in [1.82, 2.24) is 25.0 Å². The largest absolute Gasteiger partial charge is 0.379 e. The van der Waals surface area contributed by atoms with Crippen LogP contribution in [0.5, 0.6) is 0 Å². The molecule has 1 atom stereocenters. The molecule has 0 amide bonds. The van der Waals surface area contributed by atoms with Crippen LogP contribution in [0.1, 0.15) is 59.5 Å². The molecular weight excluding hydrogens is 358 g/mol. The molecule has 2 aliphatic heterocycles. The number of hydrogen-bond donors (Lipinski definition) is 1. The van der Waals surface area contributed by atoms with Crippen LogP contribution in [0.3, 0.4) is 0 Å². The van der Waals surface area contributed by atoms with Crippen LogP contribution in [0.4, 0.5) is 0 Å². The van der Waals surface area contributed by atoms with E-state index in [0.29, 0.717) is 5.92 Å². The highest BCUT2D eigenvalue weighted by Crippen LogP contribution is 2.41. The summed E-state index contributed by atoms with van der Waals surface area (Å²) in [6.45, 7) is 8.01. The van der Waals surface area contributed by atoms with Gasteiger partial charge in [0.2, 0.25) is 0 Å². The van der Waals surface area contributed by atoms with Crippen LogP contribution >= 0.6 is 11.3 Å². The summed E-state index contributed by atoms with van der Waals surface area (Å²) in [5.74, 6) is 1.32. The number of likely N-dealkylation sites (tertiary alicyclic amines) is 1. The van der Waals surface area contributed by atoms with Crippen LogP contribution in [-0.4, -0.2) is 64.4 Å². The van der Waals surface area contributed by atoms with E-state index in [-0.39, 0.29) is 0 Å². The van der Waals surface area contributed by atoms with Crippen LogP contribution in [0.2, 0.25) is 0 Å². The average molecular weight is 388 g/mol. The summed E-state index contributed by atoms with van der Waals surface area (Å²) in [4.78, 5) is 9.95. The zero-order valence-corrected chi connectivity index (χ0v) is 16.7. The molecule has 0 radical (unpaired) electrons. The second-order valence-corrected chi connectivity index (χ2v) is 9.11. The lowest BCUT2D eigenvalue weighted by Crippen LogP contribution is -2.37. The van der Waals surface area contributed by atoms with Gasteiger partial charge < -0.3 is 4.74 Å². The third kappa shape index (κ3) is 4.26. The predicted molar refractivity (Wildman–Crippen MR) is 106 cm³/mol. The van der Waals surface area contributed by atoms with Gasteiger partial charge in [0.05, 0.1) is 30.1 Å². The summed E-state index contributed by atoms with van der Waals surface area (Å²) in [5.41, 5.74) is 3.98. The van der Waals surface area contributed by atoms with Crippen molar-refractivity contribution in [3.8, 4) is 0 Å². The standard InChI is InChI=1S/C20H29N5OS/c1-2-16(19-17(10-21-23-19)12-24-6-8-26-9-7-24)11-25(5-1)13-18-14-27-20(22-18)15-3-4-15/h10,14-16H,1-9,11-13H2,(H,21,23)/t16-/m1/s1. The van der Waals surface area contributed by atoms with Gasteiger partial charge in [-0.1, -0.05) is 0 Å². The Morgan fingerprint density at radius 3 is 2.81 bits per heavy atom. The molecule has 2 aromatic heterocycles. The van der Waals surface area contributed by atoms with Crippen molar-refractivity contribution < 1.29 is 4.74 Å². The highest BCUT2D eigenvalue weighted by atomic mass is 32.1. The molecule has 27 heavy (non-hydrogen) atoms. The number of aromatic amines is 1. The summed E-state index contributed by atoms with van der Waals surface area (Å²) >= 11 is 1.86. The predicted octanol–water partition coefficient (Wildman–Crippen LogP) is 2.96. The number of H-pyrrole nitrogens is 1. The lowest BCUT2D eigenvalue weighted by atomic mass is 9.92. The summed E-state index contributed by atoms with van der Waals surface area (Å²) in [7, 11) is 0. The smallest absolute Gasteiger partial charge is 0.0959 e. The summed E-state index contributed by atoms with van der Waals surface area (Å²) < 4.78 is 5.48. The van der Waals surface area contributed by atoms with Gasteiger partial charge in [0.25, 0.3) is 0 Å². The molecule has 0 unspecified atom stereocenters. The van der Waals surface area contributed by atoms with E-state index in [1.54, 1.807) is 0 Å². The quantitative estimate of drug-likeness (QED) is 0.826. The van der Waals surface area contributed by atoms with Gasteiger partial charge in [0, 0.05) is 61.2 Å². The zero-order valence-electron chi connectivity index (χ0n) is 15.9. The molecule has 0 bridgehead atoms. The first-order valence-corrected chi connectivity index (χ1v) is 11.2. The molecule has 7 heteroatoms. The summed E-state index contributed by atoms with van der Waals surface area (Å²) in [6, 6.07) is 0. The maximum absolute atomic E-state index is 5.48. The Balaban J connectivity index is 1.22. The van der Waals surface area contributed by atoms with E-state index in [9.17, 15) is 0 Å². The highest BCUT2D eigenvalue weighted by molar-refractivity contribution is 7.09. The third-order valence-corrected chi connectivity index (χ3v) is 7.10. The number of nitrogens with zero attached hydrogens (tertiary/aromatic N) is 4. The van der Waals surface area contributed by atoms with Crippen molar-refractivity contribution >= 4 is 11.3 Å². The van der Waals surface area contributed by atoms with Crippen LogP contribution < -0.4 is 0 Å². The van der Waals surface area contributed by atoms with Gasteiger partial charge in [-0.25, -0.2) is 4.98 Å². The maximum atomic E-state index is 5.48. The molecule has 1 aliphatic carbocycles. The van der Waals surface area contributed by atoms with Crippen molar-refractivity contribution in [2.75, 3.05) is 39.4 Å². The molecule has 1 saturated carbocycles. The first-order valence-electron chi connectivity index (χ1n) is 10.3. The van der Waals surface area contributed by atoms with Crippen molar-refractivity contribution in [1.29, 1.82) is 0 Å². The Morgan fingerprint density at radius 1 is 1.07 bits per heavy atom. The van der Waals surface area contributed by atoms with E-state index in [1.165, 1.54) is 54.2 Å². The number of hydrogen-bond acceptors (Lipinski definition) is 6. The minimum absolute atomic E-state index is 0.554. The normalized spacial score (nSPS) is 25.1. The summed E-state index contributed by atoms with van der Waals surface area (Å²) in [5, 5.41) is 11.4. The van der Waals surface area contributed by atoms with Crippen molar-refractivity contribution in [3.63, 3.8) is 0 Å². The van der Waals surface area contributed by atoms with E-state index in [2.05, 4.69) is 25.4 Å². The lowest BCUT2D eigenvalue weighted by Gasteiger charge is -2.33. The molecule has 2 aromatic rings. The number of nitrogens with one attached hydrogen (secondary N) is 1. The minimum Gasteiger partial charge on any atom is -0.379 e. The molecular formula is C20H29N5OS. The SMILES string of the molecule is c1sc(C2CC2)nc1CN1CCC[C@@H](c2[nH]ncc2CN2CCOCC2)C1. The Morgan fingerprint density at radius 2 is 1.96 bits per heavy atom. The molecule has 1 N–H and O–H groups in total. The van der Waals surface area contributed by atoms with E-state index in [4.69, 9.17) is 9.72 Å². The van der Waals surface area contributed by atoms with Crippen molar-refractivity contribution in [2.24, 2.45) is 0 Å². The first kappa shape index (κ1) is 17.8. The van der Waals surface area contributed by atoms with E-state index < -0.39 is 0 Å². The molecule has 5 rings (SSSR count). The summed E-state index contributed by atoms with van der Waals surface area (Å²) in [6.07, 6.45) is 7.21. The number of morpholine rings is 1. The molecule has 0 spiro atoms. The number of ether oxygens (including phenoxy) is 1. The molecule has 146 valence electrons. The molecule has 6 nitrogen and oxygen atoms in total. The van der Waals surface area contributed by atoms with E-state index >= 15 is 0 Å². The van der Waals surface area contributed by atoms with Crippen molar-refractivity contribution in [2.45, 2.75) is 50.6 Å². The fourth-order valence-corrected chi connectivity index (χ4v) is 5.36. The number of piperidine rings is 1. The molecule has 0 aromatic carbocycles. The zero-order chi connectivity index (χ0) is 18.1. The Kier molecular flexibility index (Phi) is 5.27. The van der Waals surface area contributed by atoms with Gasteiger partial charge in [0.15, 0.2) is 0 Å². The topological polar surface area (TPSA) is 57.3 Å². The fraction of sp³-hybridized carbons (Fsp3) is 0.700. The first-order chi connectivity index (χ1) is 13.3. The van der Waals surface area contributed by atoms with Gasteiger partial charge in [0.1, 0.15) is 0 Å². The van der Waals surface area contributed by atoms with Gasteiger partial charge in [-0.3, -0.25) is 14.9 Å². The van der Waals surface area contributed by atoms with Crippen LogP contribution in [0.15, 0.2) is 11.6 Å². The van der Waals surface area contributed by atoms with Gasteiger partial charge in [-0.05, 0) is 32.2 Å². The van der Waals surface area contributed by atoms with Crippen LogP contribution in [-0.2, 0) is 17.8 Å². The van der Waals surface area contributed by atoms with Crippen LogP contribution in [0.25, 0.3) is 0 Å². The number of aromatic nitrogens is 3. The number of thiazole rings is 1. The third-order valence-electron chi connectivity index (χ3n) is 6.04. The maximum Gasteiger partial charge on any atom is 0.0959 e. The Labute approximate surface area is 164 Å². The number of rotatable bonds is 6. The second kappa shape index (κ2) is 7.99. The molecule has 3 fully saturated rings. The Hall–Kier alpha value is -1.28. The Bertz CT molecular complexity index is 749. The lowest BCUT2D eigenvalue weighted by molar-refractivity contribution is 0.0339. The molecule has 3 aliphatic rings. The molecule has 2 saturated heterocycles.